The Morgan fingerprint density at radius 1 is 1.44 bits per heavy atom. The van der Waals surface area contributed by atoms with Gasteiger partial charge in [0.2, 0.25) is 0 Å². The first-order chi connectivity index (χ1) is 7.49. The number of nitro groups is 1. The van der Waals surface area contributed by atoms with E-state index in [1.807, 2.05) is 0 Å². The molecule has 2 N–H and O–H groups in total. The average Bonchev–Trinajstić information content (AvgIpc) is 2.16. The standard InChI is InChI=1S/C10H10N2O4/c1-7(6-10(13)14)11-8-2-4-9(5-3-8)12(15)16/h2-6,11H,1H3,(H,13,14)/b7-6+. The summed E-state index contributed by atoms with van der Waals surface area (Å²) in [5.74, 6) is -1.05. The summed E-state index contributed by atoms with van der Waals surface area (Å²) in [5, 5.41) is 21.6. The van der Waals surface area contributed by atoms with Gasteiger partial charge in [-0.1, -0.05) is 0 Å². The molecule has 0 heterocycles. The quantitative estimate of drug-likeness (QED) is 0.461. The van der Waals surface area contributed by atoms with E-state index >= 15 is 0 Å². The average molecular weight is 222 g/mol. The zero-order valence-corrected chi connectivity index (χ0v) is 8.51. The number of carbonyl (C=O) groups is 1. The first kappa shape index (κ1) is 11.7. The van der Waals surface area contributed by atoms with Gasteiger partial charge >= 0.3 is 5.97 Å². The van der Waals surface area contributed by atoms with Crippen LogP contribution in [0, 0.1) is 10.1 Å². The highest BCUT2D eigenvalue weighted by Crippen LogP contribution is 2.16. The van der Waals surface area contributed by atoms with Gasteiger partial charge in [0.05, 0.1) is 4.92 Å². The molecular weight excluding hydrogens is 212 g/mol. The number of benzene rings is 1. The molecule has 0 bridgehead atoms. The smallest absolute Gasteiger partial charge is 0.330 e. The van der Waals surface area contributed by atoms with Crippen LogP contribution in [0.1, 0.15) is 6.92 Å². The van der Waals surface area contributed by atoms with Gasteiger partial charge < -0.3 is 10.4 Å². The number of anilines is 1. The van der Waals surface area contributed by atoms with Crippen molar-refractivity contribution in [2.75, 3.05) is 5.32 Å². The van der Waals surface area contributed by atoms with Crippen molar-refractivity contribution >= 4 is 17.3 Å². The predicted molar refractivity (Wildman–Crippen MR) is 58.1 cm³/mol. The minimum Gasteiger partial charge on any atom is -0.478 e. The van der Waals surface area contributed by atoms with Gasteiger partial charge in [-0.05, 0) is 19.1 Å². The molecule has 1 aromatic carbocycles. The maximum Gasteiger partial charge on any atom is 0.330 e. The summed E-state index contributed by atoms with van der Waals surface area (Å²) in [7, 11) is 0. The lowest BCUT2D eigenvalue weighted by atomic mass is 10.2. The van der Waals surface area contributed by atoms with E-state index in [2.05, 4.69) is 5.32 Å². The molecule has 6 nitrogen and oxygen atoms in total. The number of carboxylic acid groups (broad SMARTS) is 1. The van der Waals surface area contributed by atoms with E-state index in [1.54, 1.807) is 6.92 Å². The lowest BCUT2D eigenvalue weighted by Gasteiger charge is -2.04. The molecule has 0 unspecified atom stereocenters. The normalized spacial score (nSPS) is 10.9. The molecule has 0 atom stereocenters. The van der Waals surface area contributed by atoms with Crippen LogP contribution >= 0.6 is 0 Å². The number of non-ortho nitro benzene ring substituents is 1. The minimum absolute atomic E-state index is 0.00887. The van der Waals surface area contributed by atoms with Gasteiger partial charge in [0.1, 0.15) is 0 Å². The second-order valence-electron chi connectivity index (χ2n) is 3.09. The summed E-state index contributed by atoms with van der Waals surface area (Å²) in [6, 6.07) is 5.71. The Hall–Kier alpha value is -2.37. The zero-order valence-electron chi connectivity index (χ0n) is 8.51. The largest absolute Gasteiger partial charge is 0.478 e. The summed E-state index contributed by atoms with van der Waals surface area (Å²) in [5.41, 5.74) is 1.03. The van der Waals surface area contributed by atoms with Crippen LogP contribution in [0.4, 0.5) is 11.4 Å². The molecule has 16 heavy (non-hydrogen) atoms. The third kappa shape index (κ3) is 3.41. The molecule has 1 aromatic rings. The van der Waals surface area contributed by atoms with E-state index in [0.717, 1.165) is 6.08 Å². The molecule has 1 rings (SSSR count). The third-order valence-corrected chi connectivity index (χ3v) is 1.76. The molecule has 0 saturated carbocycles. The van der Waals surface area contributed by atoms with Crippen LogP contribution in [0.3, 0.4) is 0 Å². The van der Waals surface area contributed by atoms with E-state index < -0.39 is 10.9 Å². The first-order valence-electron chi connectivity index (χ1n) is 4.42. The van der Waals surface area contributed by atoms with E-state index in [9.17, 15) is 14.9 Å². The zero-order chi connectivity index (χ0) is 12.1. The van der Waals surface area contributed by atoms with Crippen molar-refractivity contribution < 1.29 is 14.8 Å². The minimum atomic E-state index is -1.05. The maximum absolute atomic E-state index is 10.4. The van der Waals surface area contributed by atoms with Crippen LogP contribution in [0.2, 0.25) is 0 Å². The van der Waals surface area contributed by atoms with Crippen LogP contribution in [0.25, 0.3) is 0 Å². The summed E-state index contributed by atoms with van der Waals surface area (Å²) in [6.07, 6.45) is 1.02. The van der Waals surface area contributed by atoms with E-state index in [0.29, 0.717) is 11.4 Å². The van der Waals surface area contributed by atoms with Gasteiger partial charge in [-0.2, -0.15) is 0 Å². The van der Waals surface area contributed by atoms with Crippen LogP contribution in [0.5, 0.6) is 0 Å². The lowest BCUT2D eigenvalue weighted by Crippen LogP contribution is -1.99. The molecule has 0 saturated heterocycles. The van der Waals surface area contributed by atoms with Gasteiger partial charge in [0.15, 0.2) is 0 Å². The fourth-order valence-corrected chi connectivity index (χ4v) is 1.12. The molecule has 0 spiro atoms. The van der Waals surface area contributed by atoms with Crippen molar-refractivity contribution in [1.82, 2.24) is 0 Å². The highest BCUT2D eigenvalue weighted by Gasteiger charge is 2.03. The molecule has 0 aliphatic carbocycles. The molecule has 6 heteroatoms. The van der Waals surface area contributed by atoms with E-state index in [1.165, 1.54) is 24.3 Å². The highest BCUT2D eigenvalue weighted by molar-refractivity contribution is 5.81. The fourth-order valence-electron chi connectivity index (χ4n) is 1.12. The monoisotopic (exact) mass is 222 g/mol. The second-order valence-corrected chi connectivity index (χ2v) is 3.09. The molecule has 0 fully saturated rings. The number of hydrogen-bond acceptors (Lipinski definition) is 4. The van der Waals surface area contributed by atoms with Gasteiger partial charge in [-0.3, -0.25) is 10.1 Å². The van der Waals surface area contributed by atoms with Crippen molar-refractivity contribution in [2.45, 2.75) is 6.92 Å². The lowest BCUT2D eigenvalue weighted by molar-refractivity contribution is -0.384. The molecule has 0 radical (unpaired) electrons. The Bertz CT molecular complexity index is 437. The summed E-state index contributed by atoms with van der Waals surface area (Å²) < 4.78 is 0. The van der Waals surface area contributed by atoms with Crippen molar-refractivity contribution in [2.24, 2.45) is 0 Å². The number of rotatable bonds is 4. The topological polar surface area (TPSA) is 92.5 Å². The third-order valence-electron chi connectivity index (χ3n) is 1.76. The highest BCUT2D eigenvalue weighted by atomic mass is 16.6. The number of hydrogen-bond donors (Lipinski definition) is 2. The summed E-state index contributed by atoms with van der Waals surface area (Å²) in [4.78, 5) is 20.2. The Balaban J connectivity index is 2.76. The summed E-state index contributed by atoms with van der Waals surface area (Å²) in [6.45, 7) is 1.59. The van der Waals surface area contributed by atoms with Gasteiger partial charge in [-0.25, -0.2) is 4.79 Å². The molecule has 0 aromatic heterocycles. The van der Waals surface area contributed by atoms with Crippen LogP contribution in [-0.2, 0) is 4.79 Å². The Morgan fingerprint density at radius 3 is 2.44 bits per heavy atom. The Morgan fingerprint density at radius 2 is 2.00 bits per heavy atom. The second kappa shape index (κ2) is 4.92. The number of nitrogens with zero attached hydrogens (tertiary/aromatic N) is 1. The van der Waals surface area contributed by atoms with Gasteiger partial charge in [0, 0.05) is 29.6 Å². The maximum atomic E-state index is 10.4. The van der Waals surface area contributed by atoms with Crippen LogP contribution in [0.15, 0.2) is 36.0 Å². The predicted octanol–water partition coefficient (Wildman–Crippen LogP) is 2.00. The van der Waals surface area contributed by atoms with E-state index in [-0.39, 0.29) is 5.69 Å². The van der Waals surface area contributed by atoms with Crippen molar-refractivity contribution in [3.05, 3.63) is 46.2 Å². The Kier molecular flexibility index (Phi) is 3.60. The molecule has 0 aliphatic heterocycles. The molecule has 0 aliphatic rings. The SMILES string of the molecule is C/C(=C\C(=O)O)Nc1ccc([N+](=O)[O-])cc1. The Labute approximate surface area is 91.4 Å². The number of nitro benzene ring substituents is 1. The number of aliphatic carboxylic acids is 1. The number of carboxylic acids is 1. The molecule has 0 amide bonds. The van der Waals surface area contributed by atoms with Gasteiger partial charge in [-0.15, -0.1) is 0 Å². The van der Waals surface area contributed by atoms with Crippen molar-refractivity contribution in [3.8, 4) is 0 Å². The van der Waals surface area contributed by atoms with Crippen molar-refractivity contribution in [1.29, 1.82) is 0 Å². The van der Waals surface area contributed by atoms with Crippen LogP contribution < -0.4 is 5.32 Å². The van der Waals surface area contributed by atoms with Crippen LogP contribution in [-0.4, -0.2) is 16.0 Å². The number of nitrogens with one attached hydrogen (secondary N) is 1. The van der Waals surface area contributed by atoms with E-state index in [4.69, 9.17) is 5.11 Å². The summed E-state index contributed by atoms with van der Waals surface area (Å²) >= 11 is 0. The van der Waals surface area contributed by atoms with Gasteiger partial charge in [0.25, 0.3) is 5.69 Å². The molecular formula is C10H10N2O4. The molecule has 84 valence electrons. The fraction of sp³-hybridized carbons (Fsp3) is 0.100. The van der Waals surface area contributed by atoms with Crippen molar-refractivity contribution in [3.63, 3.8) is 0 Å². The first-order valence-corrected chi connectivity index (χ1v) is 4.42. The number of allylic oxidation sites excluding steroid dienone is 1.